The van der Waals surface area contributed by atoms with E-state index in [1.54, 1.807) is 0 Å². The van der Waals surface area contributed by atoms with Crippen LogP contribution in [0.2, 0.25) is 10.0 Å². The van der Waals surface area contributed by atoms with Crippen molar-refractivity contribution in [3.63, 3.8) is 0 Å². The zero-order chi connectivity index (χ0) is 18.9. The van der Waals surface area contributed by atoms with Gasteiger partial charge in [0.15, 0.2) is 0 Å². The molecule has 0 radical (unpaired) electrons. The first-order chi connectivity index (χ1) is 11.6. The van der Waals surface area contributed by atoms with E-state index in [4.69, 9.17) is 34.8 Å². The lowest BCUT2D eigenvalue weighted by Gasteiger charge is -2.14. The van der Waals surface area contributed by atoms with Crippen molar-refractivity contribution in [1.29, 1.82) is 0 Å². The minimum atomic E-state index is -4.70. The summed E-state index contributed by atoms with van der Waals surface area (Å²) in [6, 6.07) is 1.17. The first kappa shape index (κ1) is 19.3. The second kappa shape index (κ2) is 7.06. The number of halogens is 6. The van der Waals surface area contributed by atoms with Crippen LogP contribution in [0.4, 0.5) is 24.7 Å². The minimum absolute atomic E-state index is 0.269. The van der Waals surface area contributed by atoms with Crippen LogP contribution in [0.25, 0.3) is 5.69 Å². The highest BCUT2D eigenvalue weighted by Gasteiger charge is 2.33. The van der Waals surface area contributed by atoms with Gasteiger partial charge in [-0.15, -0.1) is 11.6 Å². The van der Waals surface area contributed by atoms with E-state index >= 15 is 0 Å². The van der Waals surface area contributed by atoms with Gasteiger partial charge < -0.3 is 5.32 Å². The molecule has 0 aliphatic heterocycles. The van der Waals surface area contributed by atoms with Crippen molar-refractivity contribution in [2.75, 3.05) is 11.2 Å². The van der Waals surface area contributed by atoms with Crippen LogP contribution in [0.1, 0.15) is 5.56 Å². The van der Waals surface area contributed by atoms with Crippen LogP contribution in [-0.4, -0.2) is 26.5 Å². The van der Waals surface area contributed by atoms with Crippen LogP contribution in [0.3, 0.4) is 0 Å². The summed E-state index contributed by atoms with van der Waals surface area (Å²) in [5.41, 5.74) is -2.00. The highest BCUT2D eigenvalue weighted by Crippen LogP contribution is 2.39. The Morgan fingerprint density at radius 3 is 2.32 bits per heavy atom. The van der Waals surface area contributed by atoms with Crippen LogP contribution >= 0.6 is 34.8 Å². The molecule has 1 aromatic heterocycles. The monoisotopic (exact) mass is 416 g/mol. The third kappa shape index (κ3) is 3.97. The molecule has 1 aromatic carbocycles. The topological polar surface area (TPSA) is 90.1 Å². The summed E-state index contributed by atoms with van der Waals surface area (Å²) >= 11 is 17.0. The summed E-state index contributed by atoms with van der Waals surface area (Å²) in [7, 11) is 0. The smallest absolute Gasteiger partial charge is 0.304 e. The van der Waals surface area contributed by atoms with Crippen LogP contribution in [0.15, 0.2) is 18.3 Å². The number of aromatic nitrogens is 2. The van der Waals surface area contributed by atoms with Gasteiger partial charge in [-0.3, -0.25) is 14.9 Å². The molecule has 0 spiro atoms. The molecule has 1 N–H and O–H groups in total. The standard InChI is InChI=1S/C12H6Cl3F3N4O3/c13-3-9(23)20-11-8(22(24)25)4-19-21(11)10-6(14)1-5(2-7(10)15)12(16,17)18/h1-2,4H,3H2,(H,20,23). The van der Waals surface area contributed by atoms with Crippen molar-refractivity contribution in [1.82, 2.24) is 9.78 Å². The number of nitro groups is 1. The maximum Gasteiger partial charge on any atom is 0.416 e. The summed E-state index contributed by atoms with van der Waals surface area (Å²) in [6.45, 7) is 0. The Kier molecular flexibility index (Phi) is 5.45. The average molecular weight is 418 g/mol. The fourth-order valence-corrected chi connectivity index (χ4v) is 2.57. The number of hydrogen-bond donors (Lipinski definition) is 1. The van der Waals surface area contributed by atoms with Gasteiger partial charge in [-0.2, -0.15) is 18.3 Å². The van der Waals surface area contributed by atoms with Gasteiger partial charge in [-0.1, -0.05) is 23.2 Å². The van der Waals surface area contributed by atoms with E-state index in [0.717, 1.165) is 10.9 Å². The summed E-state index contributed by atoms with van der Waals surface area (Å²) in [5, 5.41) is 15.9. The van der Waals surface area contributed by atoms with Crippen LogP contribution < -0.4 is 5.32 Å². The molecular formula is C12H6Cl3F3N4O3. The zero-order valence-electron chi connectivity index (χ0n) is 11.8. The zero-order valence-corrected chi connectivity index (χ0v) is 14.0. The number of amides is 1. The largest absolute Gasteiger partial charge is 0.416 e. The molecule has 134 valence electrons. The quantitative estimate of drug-likeness (QED) is 0.457. The lowest BCUT2D eigenvalue weighted by molar-refractivity contribution is -0.384. The number of carbonyl (C=O) groups excluding carboxylic acids is 1. The molecular weight excluding hydrogens is 412 g/mol. The van der Waals surface area contributed by atoms with Gasteiger partial charge >= 0.3 is 11.9 Å². The number of carbonyl (C=O) groups is 1. The molecule has 1 amide bonds. The summed E-state index contributed by atoms with van der Waals surface area (Å²) < 4.78 is 39.1. The van der Waals surface area contributed by atoms with Gasteiger partial charge in [0.25, 0.3) is 0 Å². The molecule has 0 atom stereocenters. The molecule has 0 unspecified atom stereocenters. The number of nitrogens with one attached hydrogen (secondary N) is 1. The molecule has 0 aliphatic carbocycles. The lowest BCUT2D eigenvalue weighted by atomic mass is 10.2. The fourth-order valence-electron chi connectivity index (χ4n) is 1.86. The first-order valence-corrected chi connectivity index (χ1v) is 7.50. The van der Waals surface area contributed by atoms with Crippen LogP contribution in [0, 0.1) is 10.1 Å². The molecule has 2 rings (SSSR count). The predicted molar refractivity (Wildman–Crippen MR) is 84.6 cm³/mol. The average Bonchev–Trinajstić information content (AvgIpc) is 2.89. The van der Waals surface area contributed by atoms with Gasteiger partial charge in [-0.25, -0.2) is 4.68 Å². The number of alkyl halides is 4. The summed E-state index contributed by atoms with van der Waals surface area (Å²) in [6.07, 6.45) is -3.91. The highest BCUT2D eigenvalue weighted by atomic mass is 35.5. The Balaban J connectivity index is 2.66. The molecule has 0 aliphatic rings. The second-order valence-corrected chi connectivity index (χ2v) is 5.60. The van der Waals surface area contributed by atoms with Gasteiger partial charge in [0.1, 0.15) is 17.8 Å². The second-order valence-electron chi connectivity index (χ2n) is 4.52. The molecule has 2 aromatic rings. The molecule has 25 heavy (non-hydrogen) atoms. The SMILES string of the molecule is O=C(CCl)Nc1c([N+](=O)[O-])cnn1-c1c(Cl)cc(C(F)(F)F)cc1Cl. The minimum Gasteiger partial charge on any atom is -0.304 e. The van der Waals surface area contributed by atoms with Gasteiger partial charge in [0, 0.05) is 0 Å². The molecule has 13 heteroatoms. The molecule has 0 fully saturated rings. The number of nitrogens with zero attached hydrogens (tertiary/aromatic N) is 3. The van der Waals surface area contributed by atoms with E-state index in [2.05, 4.69) is 10.4 Å². The van der Waals surface area contributed by atoms with Gasteiger partial charge in [-0.05, 0) is 12.1 Å². The molecule has 1 heterocycles. The Morgan fingerprint density at radius 1 is 1.32 bits per heavy atom. The van der Waals surface area contributed by atoms with Crippen molar-refractivity contribution in [2.24, 2.45) is 0 Å². The fraction of sp³-hybridized carbons (Fsp3) is 0.167. The van der Waals surface area contributed by atoms with E-state index in [0.29, 0.717) is 12.1 Å². The van der Waals surface area contributed by atoms with Crippen molar-refractivity contribution in [2.45, 2.75) is 6.18 Å². The molecule has 0 bridgehead atoms. The van der Waals surface area contributed by atoms with Crippen LogP contribution in [0.5, 0.6) is 0 Å². The summed E-state index contributed by atoms with van der Waals surface area (Å²) in [4.78, 5) is 21.7. The Hall–Kier alpha value is -2.04. The molecule has 0 saturated heterocycles. The first-order valence-electron chi connectivity index (χ1n) is 6.21. The molecule has 0 saturated carbocycles. The highest BCUT2D eigenvalue weighted by molar-refractivity contribution is 6.38. The van der Waals surface area contributed by atoms with E-state index in [-0.39, 0.29) is 5.69 Å². The van der Waals surface area contributed by atoms with E-state index < -0.39 is 50.0 Å². The van der Waals surface area contributed by atoms with Gasteiger partial charge in [0.2, 0.25) is 11.7 Å². The third-order valence-electron chi connectivity index (χ3n) is 2.88. The number of hydrogen-bond acceptors (Lipinski definition) is 4. The van der Waals surface area contributed by atoms with Gasteiger partial charge in [0.05, 0.1) is 20.5 Å². The normalized spacial score (nSPS) is 11.4. The summed E-state index contributed by atoms with van der Waals surface area (Å²) in [5.74, 6) is -1.76. The lowest BCUT2D eigenvalue weighted by Crippen LogP contribution is -2.17. The Labute approximate surface area is 152 Å². The van der Waals surface area contributed by atoms with Crippen molar-refractivity contribution in [3.8, 4) is 5.69 Å². The Bertz CT molecular complexity index is 831. The molecule has 7 nitrogen and oxygen atoms in total. The predicted octanol–water partition coefficient (Wildman–Crippen LogP) is 4.28. The van der Waals surface area contributed by atoms with Crippen LogP contribution in [-0.2, 0) is 11.0 Å². The van der Waals surface area contributed by atoms with Crippen molar-refractivity contribution < 1.29 is 22.9 Å². The van der Waals surface area contributed by atoms with Crippen molar-refractivity contribution >= 4 is 52.2 Å². The third-order valence-corrected chi connectivity index (χ3v) is 3.70. The van der Waals surface area contributed by atoms with Crippen molar-refractivity contribution in [3.05, 3.63) is 44.1 Å². The van der Waals surface area contributed by atoms with E-state index in [9.17, 15) is 28.1 Å². The van der Waals surface area contributed by atoms with E-state index in [1.165, 1.54) is 0 Å². The number of anilines is 1. The maximum atomic E-state index is 12.8. The van der Waals surface area contributed by atoms with E-state index in [1.807, 2.05) is 0 Å². The maximum absolute atomic E-state index is 12.8. The number of rotatable bonds is 4. The number of benzene rings is 1. The Morgan fingerprint density at radius 2 is 1.88 bits per heavy atom.